The average Bonchev–Trinajstić information content (AvgIpc) is 3.57. The Morgan fingerprint density at radius 3 is 2.67 bits per heavy atom. The van der Waals surface area contributed by atoms with Crippen molar-refractivity contribution in [1.29, 1.82) is 5.26 Å². The van der Waals surface area contributed by atoms with Crippen molar-refractivity contribution in [3.63, 3.8) is 0 Å². The first-order chi connectivity index (χ1) is 20.4. The number of H-pyrrole nitrogens is 1. The van der Waals surface area contributed by atoms with Crippen LogP contribution in [0.5, 0.6) is 0 Å². The van der Waals surface area contributed by atoms with Crippen molar-refractivity contribution < 1.29 is 9.47 Å². The number of rotatable bonds is 12. The van der Waals surface area contributed by atoms with Crippen molar-refractivity contribution >= 4 is 11.6 Å². The van der Waals surface area contributed by atoms with Crippen LogP contribution < -0.4 is 16.0 Å². The molecule has 0 amide bonds. The second kappa shape index (κ2) is 14.0. The van der Waals surface area contributed by atoms with Gasteiger partial charge in [0.05, 0.1) is 23.8 Å². The largest absolute Gasteiger partial charge is 0.381 e. The normalized spacial score (nSPS) is 21.7. The molecule has 2 aliphatic rings. The van der Waals surface area contributed by atoms with Gasteiger partial charge in [-0.05, 0) is 83.1 Å². The third-order valence-corrected chi connectivity index (χ3v) is 8.34. The Bertz CT molecular complexity index is 1310. The number of hydrogen-bond acceptors (Lipinski definition) is 11. The van der Waals surface area contributed by atoms with E-state index in [9.17, 15) is 5.26 Å². The first kappa shape index (κ1) is 29.8. The Kier molecular flexibility index (Phi) is 9.94. The zero-order chi connectivity index (χ0) is 29.4. The van der Waals surface area contributed by atoms with Gasteiger partial charge in [0.25, 0.3) is 0 Å². The number of nitrogens with zero attached hydrogens (tertiary/aromatic N) is 6. The molecule has 0 radical (unpaired) electrons. The van der Waals surface area contributed by atoms with Gasteiger partial charge in [0.15, 0.2) is 0 Å². The Hall–Kier alpha value is -3.66. The monoisotopic (exact) mass is 574 g/mol. The Balaban J connectivity index is 1.11. The summed E-state index contributed by atoms with van der Waals surface area (Å²) in [4.78, 5) is 9.56. The molecule has 1 aliphatic carbocycles. The Labute approximate surface area is 247 Å². The van der Waals surface area contributed by atoms with E-state index in [1.165, 1.54) is 0 Å². The number of tetrazole rings is 1. The van der Waals surface area contributed by atoms with Crippen LogP contribution in [-0.4, -0.2) is 75.1 Å². The molecule has 0 aromatic carbocycles. The highest BCUT2D eigenvalue weighted by molar-refractivity contribution is 5.68. The van der Waals surface area contributed by atoms with E-state index in [1.807, 2.05) is 31.3 Å². The van der Waals surface area contributed by atoms with Crippen molar-refractivity contribution in [2.24, 2.45) is 5.41 Å². The minimum atomic E-state index is -0.408. The van der Waals surface area contributed by atoms with E-state index in [0.717, 1.165) is 67.0 Å². The number of aromatic amines is 1. The maximum Gasteiger partial charge on any atom is 0.202 e. The summed E-state index contributed by atoms with van der Waals surface area (Å²) in [5, 5.41) is 34.6. The molecule has 4 N–H and O–H groups in total. The first-order valence-electron chi connectivity index (χ1n) is 15.0. The van der Waals surface area contributed by atoms with Crippen LogP contribution in [0.15, 0.2) is 30.5 Å². The summed E-state index contributed by atoms with van der Waals surface area (Å²) in [6.45, 7) is 8.55. The molecule has 224 valence electrons. The summed E-state index contributed by atoms with van der Waals surface area (Å²) in [6, 6.07) is 11.7. The molecule has 0 spiro atoms. The van der Waals surface area contributed by atoms with Gasteiger partial charge in [-0.2, -0.15) is 10.5 Å². The van der Waals surface area contributed by atoms with Gasteiger partial charge in [-0.25, -0.2) is 9.97 Å². The van der Waals surface area contributed by atoms with Gasteiger partial charge in [0.1, 0.15) is 17.7 Å². The van der Waals surface area contributed by atoms with E-state index in [4.69, 9.17) is 14.5 Å². The molecule has 5 rings (SSSR count). The highest BCUT2D eigenvalue weighted by atomic mass is 16.5. The first-order valence-corrected chi connectivity index (χ1v) is 15.0. The predicted molar refractivity (Wildman–Crippen MR) is 160 cm³/mol. The molecule has 4 heterocycles. The number of ether oxygens (including phenoxy) is 2. The second-order valence-corrected chi connectivity index (χ2v) is 11.7. The number of hydrogen-bond donors (Lipinski definition) is 4. The van der Waals surface area contributed by atoms with E-state index in [1.54, 1.807) is 0 Å². The highest BCUT2D eigenvalue weighted by Gasteiger charge is 2.32. The number of nitriles is 1. The molecule has 1 saturated carbocycles. The molecule has 42 heavy (non-hydrogen) atoms. The maximum atomic E-state index is 9.78. The number of aromatic nitrogens is 6. The fourth-order valence-corrected chi connectivity index (χ4v) is 5.68. The molecule has 0 bridgehead atoms. The molecule has 12 nitrogen and oxygen atoms in total. The standard InChI is InChI=1S/C30H42N10O2/c1-20-16-32-28(15-25(20)26-5-4-6-27(36-26)33-19-30(18-31)11-13-41-14-12-30)35-24-9-7-23(8-10-24)34-21(2)17-42-22(3)29-37-39-40-38-29/h4-6,15-16,21-24,34H,7-14,17,19H2,1-3H3,(H,32,35)(H,33,36)(H,37,38,39,40)/t21-,22-,23?,24?/m0/s1. The summed E-state index contributed by atoms with van der Waals surface area (Å²) in [5.41, 5.74) is 2.60. The van der Waals surface area contributed by atoms with Crippen molar-refractivity contribution in [2.75, 3.05) is 37.0 Å². The Morgan fingerprint density at radius 2 is 1.93 bits per heavy atom. The highest BCUT2D eigenvalue weighted by Crippen LogP contribution is 2.31. The van der Waals surface area contributed by atoms with Crippen LogP contribution in [0, 0.1) is 23.7 Å². The molecule has 3 aromatic heterocycles. The lowest BCUT2D eigenvalue weighted by atomic mass is 9.82. The molecule has 1 saturated heterocycles. The van der Waals surface area contributed by atoms with E-state index in [2.05, 4.69) is 67.5 Å². The summed E-state index contributed by atoms with van der Waals surface area (Å²) in [5.74, 6) is 2.21. The van der Waals surface area contributed by atoms with Gasteiger partial charge in [-0.1, -0.05) is 11.3 Å². The fourth-order valence-electron chi connectivity index (χ4n) is 5.68. The topological polar surface area (TPSA) is 159 Å². The lowest BCUT2D eigenvalue weighted by Gasteiger charge is -2.32. The summed E-state index contributed by atoms with van der Waals surface area (Å²) < 4.78 is 11.4. The van der Waals surface area contributed by atoms with E-state index in [0.29, 0.717) is 44.3 Å². The average molecular weight is 575 g/mol. The molecule has 12 heteroatoms. The quantitative estimate of drug-likeness (QED) is 0.246. The van der Waals surface area contributed by atoms with Crippen LogP contribution in [0.25, 0.3) is 11.3 Å². The molecule has 2 atom stereocenters. The van der Waals surface area contributed by atoms with Crippen LogP contribution in [0.3, 0.4) is 0 Å². The number of aryl methyl sites for hydroxylation is 1. The van der Waals surface area contributed by atoms with Crippen molar-refractivity contribution in [3.8, 4) is 17.3 Å². The van der Waals surface area contributed by atoms with Crippen molar-refractivity contribution in [3.05, 3.63) is 41.9 Å². The van der Waals surface area contributed by atoms with Crippen molar-refractivity contribution in [2.45, 2.75) is 83.5 Å². The second-order valence-electron chi connectivity index (χ2n) is 11.7. The van der Waals surface area contributed by atoms with Gasteiger partial charge in [0, 0.05) is 49.6 Å². The van der Waals surface area contributed by atoms with E-state index >= 15 is 0 Å². The molecule has 2 fully saturated rings. The minimum absolute atomic E-state index is 0.193. The number of anilines is 2. The molecule has 3 aromatic rings. The molecule has 1 aliphatic heterocycles. The van der Waals surface area contributed by atoms with Gasteiger partial charge in [0.2, 0.25) is 5.82 Å². The van der Waals surface area contributed by atoms with Crippen LogP contribution in [0.1, 0.15) is 69.9 Å². The lowest BCUT2D eigenvalue weighted by Crippen LogP contribution is -2.43. The van der Waals surface area contributed by atoms with Crippen LogP contribution in [0.2, 0.25) is 0 Å². The van der Waals surface area contributed by atoms with E-state index in [-0.39, 0.29) is 12.1 Å². The lowest BCUT2D eigenvalue weighted by molar-refractivity contribution is 0.0436. The SMILES string of the molecule is Cc1cnc(NC2CCC(N[C@@H](C)CO[C@@H](C)c3nn[nH]n3)CC2)cc1-c1cccc(NCC2(C#N)CCOCC2)n1. The Morgan fingerprint density at radius 1 is 1.14 bits per heavy atom. The summed E-state index contributed by atoms with van der Waals surface area (Å²) in [7, 11) is 0. The molecular formula is C30H42N10O2. The van der Waals surface area contributed by atoms with Crippen LogP contribution in [0.4, 0.5) is 11.6 Å². The van der Waals surface area contributed by atoms with Crippen LogP contribution >= 0.6 is 0 Å². The maximum absolute atomic E-state index is 9.78. The molecule has 0 unspecified atom stereocenters. The zero-order valence-corrected chi connectivity index (χ0v) is 24.8. The molecular weight excluding hydrogens is 532 g/mol. The third kappa shape index (κ3) is 7.79. The van der Waals surface area contributed by atoms with E-state index < -0.39 is 5.41 Å². The number of pyridine rings is 2. The van der Waals surface area contributed by atoms with Crippen molar-refractivity contribution in [1.82, 2.24) is 35.9 Å². The summed E-state index contributed by atoms with van der Waals surface area (Å²) >= 11 is 0. The smallest absolute Gasteiger partial charge is 0.202 e. The summed E-state index contributed by atoms with van der Waals surface area (Å²) in [6.07, 6.45) is 7.51. The van der Waals surface area contributed by atoms with Gasteiger partial charge >= 0.3 is 0 Å². The van der Waals surface area contributed by atoms with Gasteiger partial charge in [-0.3, -0.25) is 0 Å². The minimum Gasteiger partial charge on any atom is -0.381 e. The number of nitrogens with one attached hydrogen (secondary N) is 4. The van der Waals surface area contributed by atoms with Crippen LogP contribution in [-0.2, 0) is 9.47 Å². The van der Waals surface area contributed by atoms with Gasteiger partial charge < -0.3 is 25.4 Å². The fraction of sp³-hybridized carbons (Fsp3) is 0.600. The van der Waals surface area contributed by atoms with Gasteiger partial charge in [-0.15, -0.1) is 10.2 Å². The zero-order valence-electron chi connectivity index (χ0n) is 24.8. The predicted octanol–water partition coefficient (Wildman–Crippen LogP) is 4.18. The third-order valence-electron chi connectivity index (χ3n) is 8.34.